The van der Waals surface area contributed by atoms with Crippen molar-refractivity contribution in [2.45, 2.75) is 32.0 Å². The van der Waals surface area contributed by atoms with Crippen molar-refractivity contribution in [3.8, 4) is 0 Å². The van der Waals surface area contributed by atoms with Crippen LogP contribution < -0.4 is 0 Å². The normalized spacial score (nSPS) is 29.5. The van der Waals surface area contributed by atoms with Gasteiger partial charge in [0.15, 0.2) is 0 Å². The maximum absolute atomic E-state index is 5.65. The molecule has 0 radical (unpaired) electrons. The highest BCUT2D eigenvalue weighted by molar-refractivity contribution is 4.72. The molecule has 3 nitrogen and oxygen atoms in total. The van der Waals surface area contributed by atoms with Crippen LogP contribution in [-0.2, 0) is 14.2 Å². The first-order valence-corrected chi connectivity index (χ1v) is 4.59. The fourth-order valence-corrected chi connectivity index (χ4v) is 1.46. The van der Waals surface area contributed by atoms with E-state index < -0.39 is 0 Å². The zero-order valence-corrected chi connectivity index (χ0v) is 7.91. The van der Waals surface area contributed by atoms with E-state index in [2.05, 4.69) is 0 Å². The van der Waals surface area contributed by atoms with Crippen molar-refractivity contribution < 1.29 is 14.2 Å². The fourth-order valence-electron chi connectivity index (χ4n) is 1.46. The molecule has 0 aromatic heterocycles. The van der Waals surface area contributed by atoms with Gasteiger partial charge in [-0.3, -0.25) is 0 Å². The number of rotatable bonds is 5. The van der Waals surface area contributed by atoms with Gasteiger partial charge in [-0.1, -0.05) is 0 Å². The van der Waals surface area contributed by atoms with Crippen LogP contribution in [0.3, 0.4) is 0 Å². The second-order valence-corrected chi connectivity index (χ2v) is 3.07. The van der Waals surface area contributed by atoms with Crippen molar-refractivity contribution in [3.63, 3.8) is 0 Å². The lowest BCUT2D eigenvalue weighted by molar-refractivity contribution is -0.0362. The third-order valence-corrected chi connectivity index (χ3v) is 2.06. The Balaban J connectivity index is 2.08. The van der Waals surface area contributed by atoms with Gasteiger partial charge in [0.2, 0.25) is 0 Å². The predicted molar refractivity (Wildman–Crippen MR) is 46.3 cm³/mol. The van der Waals surface area contributed by atoms with Gasteiger partial charge in [0.05, 0.1) is 25.4 Å². The maximum Gasteiger partial charge on any atom is 0.0814 e. The average molecular weight is 174 g/mol. The van der Waals surface area contributed by atoms with Gasteiger partial charge in [-0.2, -0.15) is 0 Å². The van der Waals surface area contributed by atoms with Crippen LogP contribution in [0.2, 0.25) is 0 Å². The molecule has 72 valence electrons. The predicted octanol–water partition coefficient (Wildman–Crippen LogP) is 1.22. The second-order valence-electron chi connectivity index (χ2n) is 3.07. The Hall–Kier alpha value is -0.120. The zero-order valence-electron chi connectivity index (χ0n) is 7.91. The smallest absolute Gasteiger partial charge is 0.0814 e. The third kappa shape index (κ3) is 3.09. The monoisotopic (exact) mass is 174 g/mol. The molecule has 0 aromatic carbocycles. The van der Waals surface area contributed by atoms with Gasteiger partial charge < -0.3 is 14.2 Å². The van der Waals surface area contributed by atoms with Crippen LogP contribution in [0.15, 0.2) is 0 Å². The molecule has 1 saturated heterocycles. The van der Waals surface area contributed by atoms with Gasteiger partial charge >= 0.3 is 0 Å². The van der Waals surface area contributed by atoms with E-state index in [0.717, 1.165) is 26.1 Å². The second kappa shape index (κ2) is 5.51. The van der Waals surface area contributed by atoms with E-state index >= 15 is 0 Å². The summed E-state index contributed by atoms with van der Waals surface area (Å²) < 4.78 is 15.9. The lowest BCUT2D eigenvalue weighted by Crippen LogP contribution is -2.19. The van der Waals surface area contributed by atoms with Crippen LogP contribution in [0.5, 0.6) is 0 Å². The Labute approximate surface area is 74.0 Å². The molecule has 0 bridgehead atoms. The first-order chi connectivity index (χ1) is 5.86. The molecule has 0 aliphatic carbocycles. The summed E-state index contributed by atoms with van der Waals surface area (Å²) in [4.78, 5) is 0. The molecule has 12 heavy (non-hydrogen) atoms. The molecule has 1 aliphatic rings. The van der Waals surface area contributed by atoms with Crippen molar-refractivity contribution >= 4 is 0 Å². The maximum atomic E-state index is 5.65. The highest BCUT2D eigenvalue weighted by Gasteiger charge is 2.24. The minimum Gasteiger partial charge on any atom is -0.382 e. The van der Waals surface area contributed by atoms with Gasteiger partial charge in [0, 0.05) is 13.7 Å². The third-order valence-electron chi connectivity index (χ3n) is 2.06. The molecule has 3 heteroatoms. The van der Waals surface area contributed by atoms with E-state index in [1.54, 1.807) is 7.11 Å². The number of hydrogen-bond acceptors (Lipinski definition) is 3. The molecule has 0 aromatic rings. The molecule has 0 N–H and O–H groups in total. The summed E-state index contributed by atoms with van der Waals surface area (Å²) in [6.07, 6.45) is 2.80. The number of hydrogen-bond donors (Lipinski definition) is 0. The molecule has 1 heterocycles. The standard InChI is InChI=1S/C9H18O3/c1-3-11-7-9-5-4-8(12-9)6-10-2/h8-9H,3-7H2,1-2H3. The summed E-state index contributed by atoms with van der Waals surface area (Å²) in [6, 6.07) is 0. The van der Waals surface area contributed by atoms with Crippen molar-refractivity contribution in [2.24, 2.45) is 0 Å². The number of methoxy groups -OCH3 is 1. The lowest BCUT2D eigenvalue weighted by atomic mass is 10.2. The lowest BCUT2D eigenvalue weighted by Gasteiger charge is -2.12. The summed E-state index contributed by atoms with van der Waals surface area (Å²) >= 11 is 0. The average Bonchev–Trinajstić information content (AvgIpc) is 2.50. The highest BCUT2D eigenvalue weighted by Crippen LogP contribution is 2.19. The molecule has 1 aliphatic heterocycles. The van der Waals surface area contributed by atoms with E-state index in [0.29, 0.717) is 18.8 Å². The summed E-state index contributed by atoms with van der Waals surface area (Å²) in [5, 5.41) is 0. The van der Waals surface area contributed by atoms with Crippen molar-refractivity contribution in [2.75, 3.05) is 26.9 Å². The topological polar surface area (TPSA) is 27.7 Å². The van der Waals surface area contributed by atoms with Gasteiger partial charge in [0.25, 0.3) is 0 Å². The van der Waals surface area contributed by atoms with Crippen LogP contribution in [0, 0.1) is 0 Å². The molecule has 2 atom stereocenters. The summed E-state index contributed by atoms with van der Waals surface area (Å²) in [7, 11) is 1.71. The molecule has 0 saturated carbocycles. The van der Waals surface area contributed by atoms with E-state index in [4.69, 9.17) is 14.2 Å². The quantitative estimate of drug-likeness (QED) is 0.627. The van der Waals surface area contributed by atoms with Crippen LogP contribution in [-0.4, -0.2) is 39.1 Å². The Morgan fingerprint density at radius 2 is 1.92 bits per heavy atom. The molecule has 1 fully saturated rings. The first kappa shape index (κ1) is 9.96. The van der Waals surface area contributed by atoms with Gasteiger partial charge in [-0.05, 0) is 19.8 Å². The summed E-state index contributed by atoms with van der Waals surface area (Å²) in [5.74, 6) is 0. The molecular formula is C9H18O3. The van der Waals surface area contributed by atoms with Crippen LogP contribution in [0.25, 0.3) is 0 Å². The largest absolute Gasteiger partial charge is 0.382 e. The highest BCUT2D eigenvalue weighted by atomic mass is 16.6. The molecule has 0 amide bonds. The summed E-state index contributed by atoms with van der Waals surface area (Å²) in [5.41, 5.74) is 0. The van der Waals surface area contributed by atoms with Gasteiger partial charge in [-0.15, -0.1) is 0 Å². The first-order valence-electron chi connectivity index (χ1n) is 4.59. The van der Waals surface area contributed by atoms with Gasteiger partial charge in [0.1, 0.15) is 0 Å². The van der Waals surface area contributed by atoms with E-state index in [9.17, 15) is 0 Å². The minimum atomic E-state index is 0.292. The molecular weight excluding hydrogens is 156 g/mol. The SMILES string of the molecule is CCOCC1CCC(COC)O1. The van der Waals surface area contributed by atoms with Crippen molar-refractivity contribution in [3.05, 3.63) is 0 Å². The fraction of sp³-hybridized carbons (Fsp3) is 1.00. The van der Waals surface area contributed by atoms with Gasteiger partial charge in [-0.25, -0.2) is 0 Å². The molecule has 2 unspecified atom stereocenters. The van der Waals surface area contributed by atoms with E-state index in [-0.39, 0.29) is 0 Å². The van der Waals surface area contributed by atoms with Crippen LogP contribution in [0.4, 0.5) is 0 Å². The number of ether oxygens (including phenoxy) is 3. The summed E-state index contributed by atoms with van der Waals surface area (Å²) in [6.45, 7) is 4.22. The zero-order chi connectivity index (χ0) is 8.81. The van der Waals surface area contributed by atoms with E-state index in [1.807, 2.05) is 6.92 Å². The van der Waals surface area contributed by atoms with Crippen molar-refractivity contribution in [1.82, 2.24) is 0 Å². The van der Waals surface area contributed by atoms with Crippen LogP contribution >= 0.6 is 0 Å². The molecule has 1 rings (SSSR count). The Morgan fingerprint density at radius 3 is 2.50 bits per heavy atom. The Kier molecular flexibility index (Phi) is 4.58. The van der Waals surface area contributed by atoms with E-state index in [1.165, 1.54) is 0 Å². The molecule has 0 spiro atoms. The Morgan fingerprint density at radius 1 is 1.25 bits per heavy atom. The van der Waals surface area contributed by atoms with Crippen LogP contribution in [0.1, 0.15) is 19.8 Å². The van der Waals surface area contributed by atoms with Crippen molar-refractivity contribution in [1.29, 1.82) is 0 Å². The minimum absolute atomic E-state index is 0.292. The Bertz CT molecular complexity index is 116.